The lowest BCUT2D eigenvalue weighted by atomic mass is 10.2. The molecule has 1 unspecified atom stereocenters. The number of hydrogen-bond donors (Lipinski definition) is 2. The van der Waals surface area contributed by atoms with Crippen molar-refractivity contribution in [3.05, 3.63) is 35.9 Å². The van der Waals surface area contributed by atoms with Gasteiger partial charge in [0, 0.05) is 13.7 Å². The van der Waals surface area contributed by atoms with Gasteiger partial charge < -0.3 is 9.84 Å². The van der Waals surface area contributed by atoms with Crippen LogP contribution in [-0.2, 0) is 16.2 Å². The Morgan fingerprint density at radius 3 is 2.73 bits per heavy atom. The number of hydrogen-bond acceptors (Lipinski definition) is 4. The zero-order valence-corrected chi connectivity index (χ0v) is 8.85. The van der Waals surface area contributed by atoms with Crippen LogP contribution < -0.4 is 5.48 Å². The van der Waals surface area contributed by atoms with Gasteiger partial charge in [-0.15, -0.1) is 0 Å². The molecule has 0 heterocycles. The Hall–Kier alpha value is -0.940. The van der Waals surface area contributed by atoms with Crippen molar-refractivity contribution in [2.24, 2.45) is 0 Å². The monoisotopic (exact) mass is 211 g/mol. The van der Waals surface area contributed by atoms with Gasteiger partial charge in [0.05, 0.1) is 19.3 Å². The quantitative estimate of drug-likeness (QED) is 0.515. The zero-order valence-electron chi connectivity index (χ0n) is 8.85. The molecule has 0 saturated heterocycles. The van der Waals surface area contributed by atoms with E-state index in [1.807, 2.05) is 30.3 Å². The number of methoxy groups -OCH3 is 1. The maximum atomic E-state index is 9.28. The summed E-state index contributed by atoms with van der Waals surface area (Å²) in [6.45, 7) is 1.16. The lowest BCUT2D eigenvalue weighted by Gasteiger charge is -2.10. The molecule has 1 atom stereocenters. The Labute approximate surface area is 89.8 Å². The van der Waals surface area contributed by atoms with Crippen LogP contribution in [0.1, 0.15) is 5.56 Å². The first-order valence-corrected chi connectivity index (χ1v) is 4.88. The maximum Gasteiger partial charge on any atom is 0.0933 e. The highest BCUT2D eigenvalue weighted by Gasteiger charge is 2.01. The third kappa shape index (κ3) is 5.49. The summed E-state index contributed by atoms with van der Waals surface area (Å²) in [4.78, 5) is 5.17. The second-order valence-corrected chi connectivity index (χ2v) is 3.23. The molecule has 0 aliphatic carbocycles. The van der Waals surface area contributed by atoms with Gasteiger partial charge in [-0.05, 0) is 5.56 Å². The number of hydroxylamine groups is 1. The number of benzene rings is 1. The van der Waals surface area contributed by atoms with Crippen molar-refractivity contribution >= 4 is 0 Å². The lowest BCUT2D eigenvalue weighted by molar-refractivity contribution is -0.0144. The van der Waals surface area contributed by atoms with E-state index >= 15 is 0 Å². The van der Waals surface area contributed by atoms with Crippen molar-refractivity contribution in [1.82, 2.24) is 5.48 Å². The summed E-state index contributed by atoms with van der Waals surface area (Å²) in [7, 11) is 1.55. The van der Waals surface area contributed by atoms with Crippen LogP contribution in [0.2, 0.25) is 0 Å². The molecule has 0 aromatic heterocycles. The summed E-state index contributed by atoms with van der Waals surface area (Å²) in [6, 6.07) is 9.83. The molecular formula is C11H17NO3. The smallest absolute Gasteiger partial charge is 0.0933 e. The van der Waals surface area contributed by atoms with E-state index in [9.17, 15) is 5.11 Å². The highest BCUT2D eigenvalue weighted by molar-refractivity contribution is 5.13. The largest absolute Gasteiger partial charge is 0.389 e. The van der Waals surface area contributed by atoms with Gasteiger partial charge in [-0.1, -0.05) is 30.3 Å². The molecule has 0 amide bonds. The van der Waals surface area contributed by atoms with Crippen LogP contribution in [0.4, 0.5) is 0 Å². The van der Waals surface area contributed by atoms with E-state index in [2.05, 4.69) is 5.48 Å². The molecule has 2 N–H and O–H groups in total. The third-order valence-corrected chi connectivity index (χ3v) is 1.86. The maximum absolute atomic E-state index is 9.28. The molecule has 15 heavy (non-hydrogen) atoms. The summed E-state index contributed by atoms with van der Waals surface area (Å²) in [5.74, 6) is 0. The molecule has 0 radical (unpaired) electrons. The van der Waals surface area contributed by atoms with Crippen molar-refractivity contribution < 1.29 is 14.7 Å². The van der Waals surface area contributed by atoms with Crippen LogP contribution in [0.3, 0.4) is 0 Å². The van der Waals surface area contributed by atoms with Crippen LogP contribution in [-0.4, -0.2) is 31.5 Å². The van der Waals surface area contributed by atoms with Gasteiger partial charge in [0.2, 0.25) is 0 Å². The molecular weight excluding hydrogens is 194 g/mol. The molecule has 4 nitrogen and oxygen atoms in total. The van der Waals surface area contributed by atoms with Gasteiger partial charge in [-0.25, -0.2) is 0 Å². The molecule has 0 aliphatic rings. The normalized spacial score (nSPS) is 12.7. The minimum atomic E-state index is -0.536. The summed E-state index contributed by atoms with van der Waals surface area (Å²) < 4.78 is 4.77. The minimum absolute atomic E-state index is 0.307. The molecule has 1 rings (SSSR count). The first-order valence-electron chi connectivity index (χ1n) is 4.88. The molecule has 1 aromatic carbocycles. The summed E-state index contributed by atoms with van der Waals surface area (Å²) in [5, 5.41) is 9.28. The van der Waals surface area contributed by atoms with Crippen molar-refractivity contribution in [2.75, 3.05) is 20.3 Å². The molecule has 0 spiro atoms. The lowest BCUT2D eigenvalue weighted by Crippen LogP contribution is -2.30. The van der Waals surface area contributed by atoms with Crippen molar-refractivity contribution in [3.63, 3.8) is 0 Å². The summed E-state index contributed by atoms with van der Waals surface area (Å²) >= 11 is 0. The fraction of sp³-hybridized carbons (Fsp3) is 0.455. The Bertz CT molecular complexity index is 253. The minimum Gasteiger partial charge on any atom is -0.389 e. The first-order chi connectivity index (χ1) is 7.33. The molecule has 0 saturated carbocycles. The van der Waals surface area contributed by atoms with Crippen molar-refractivity contribution in [2.45, 2.75) is 12.7 Å². The van der Waals surface area contributed by atoms with E-state index in [0.29, 0.717) is 19.8 Å². The fourth-order valence-electron chi connectivity index (χ4n) is 1.12. The standard InChI is InChI=1S/C11H17NO3/c1-14-9-11(13)7-12-15-8-10-5-3-2-4-6-10/h2-6,11-13H,7-9H2,1H3. The predicted octanol–water partition coefficient (Wildman–Crippen LogP) is 0.715. The molecule has 0 aliphatic heterocycles. The molecule has 0 fully saturated rings. The van der Waals surface area contributed by atoms with Crippen molar-refractivity contribution in [1.29, 1.82) is 0 Å². The average molecular weight is 211 g/mol. The van der Waals surface area contributed by atoms with Crippen LogP contribution >= 0.6 is 0 Å². The number of nitrogens with one attached hydrogen (secondary N) is 1. The van der Waals surface area contributed by atoms with Crippen LogP contribution in [0, 0.1) is 0 Å². The zero-order chi connectivity index (χ0) is 10.9. The predicted molar refractivity (Wildman–Crippen MR) is 57.1 cm³/mol. The van der Waals surface area contributed by atoms with E-state index in [-0.39, 0.29) is 0 Å². The SMILES string of the molecule is COCC(O)CNOCc1ccccc1. The van der Waals surface area contributed by atoms with E-state index in [0.717, 1.165) is 5.56 Å². The second-order valence-electron chi connectivity index (χ2n) is 3.23. The van der Waals surface area contributed by atoms with Gasteiger partial charge in [0.15, 0.2) is 0 Å². The molecule has 4 heteroatoms. The first kappa shape index (κ1) is 12.1. The van der Waals surface area contributed by atoms with Gasteiger partial charge in [-0.3, -0.25) is 4.84 Å². The van der Waals surface area contributed by atoms with Gasteiger partial charge in [0.25, 0.3) is 0 Å². The Morgan fingerprint density at radius 1 is 1.33 bits per heavy atom. The van der Waals surface area contributed by atoms with Gasteiger partial charge in [-0.2, -0.15) is 5.48 Å². The molecule has 1 aromatic rings. The number of rotatable bonds is 7. The van der Waals surface area contributed by atoms with E-state index in [4.69, 9.17) is 9.57 Å². The molecule has 84 valence electrons. The Morgan fingerprint density at radius 2 is 2.07 bits per heavy atom. The topological polar surface area (TPSA) is 50.7 Å². The van der Waals surface area contributed by atoms with Crippen LogP contribution in [0.25, 0.3) is 0 Å². The van der Waals surface area contributed by atoms with Gasteiger partial charge >= 0.3 is 0 Å². The number of aliphatic hydroxyl groups is 1. The second kappa shape index (κ2) is 7.36. The summed E-state index contributed by atoms with van der Waals surface area (Å²) in [6.07, 6.45) is -0.536. The van der Waals surface area contributed by atoms with Crippen molar-refractivity contribution in [3.8, 4) is 0 Å². The van der Waals surface area contributed by atoms with Crippen LogP contribution in [0.15, 0.2) is 30.3 Å². The average Bonchev–Trinajstić information content (AvgIpc) is 2.26. The number of ether oxygens (including phenoxy) is 1. The Balaban J connectivity index is 2.07. The fourth-order valence-corrected chi connectivity index (χ4v) is 1.12. The van der Waals surface area contributed by atoms with E-state index < -0.39 is 6.10 Å². The Kier molecular flexibility index (Phi) is 5.96. The highest BCUT2D eigenvalue weighted by atomic mass is 16.6. The molecule has 0 bridgehead atoms. The van der Waals surface area contributed by atoms with Crippen LogP contribution in [0.5, 0.6) is 0 Å². The van der Waals surface area contributed by atoms with E-state index in [1.165, 1.54) is 0 Å². The van der Waals surface area contributed by atoms with E-state index in [1.54, 1.807) is 7.11 Å². The van der Waals surface area contributed by atoms with Gasteiger partial charge in [0.1, 0.15) is 0 Å². The summed E-state index contributed by atoms with van der Waals surface area (Å²) in [5.41, 5.74) is 3.78. The highest BCUT2D eigenvalue weighted by Crippen LogP contribution is 1.98. The number of aliphatic hydroxyl groups excluding tert-OH is 1. The third-order valence-electron chi connectivity index (χ3n) is 1.86.